The standard InChI is InChI=1S/C14H27N3O/c1-4-7-8-14(6-3,11-18)10-13-15-12-16-17(13)9-5-2/h12,18H,4-11H2,1-3H3. The van der Waals surface area contributed by atoms with Crippen LogP contribution < -0.4 is 0 Å². The lowest BCUT2D eigenvalue weighted by atomic mass is 9.78. The van der Waals surface area contributed by atoms with Crippen molar-refractivity contribution in [2.45, 2.75) is 65.8 Å². The van der Waals surface area contributed by atoms with E-state index in [1.54, 1.807) is 6.33 Å². The Balaban J connectivity index is 2.78. The molecule has 0 bridgehead atoms. The van der Waals surface area contributed by atoms with Crippen molar-refractivity contribution in [3.63, 3.8) is 0 Å². The van der Waals surface area contributed by atoms with Crippen LogP contribution in [0.5, 0.6) is 0 Å². The molecule has 0 aliphatic rings. The van der Waals surface area contributed by atoms with Gasteiger partial charge in [-0.3, -0.25) is 4.68 Å². The minimum atomic E-state index is -0.0193. The first-order valence-electron chi connectivity index (χ1n) is 7.19. The summed E-state index contributed by atoms with van der Waals surface area (Å²) in [5.41, 5.74) is -0.0193. The molecule has 18 heavy (non-hydrogen) atoms. The minimum absolute atomic E-state index is 0.0193. The van der Waals surface area contributed by atoms with Crippen LogP contribution in [0.25, 0.3) is 0 Å². The van der Waals surface area contributed by atoms with Gasteiger partial charge in [-0.1, -0.05) is 33.6 Å². The monoisotopic (exact) mass is 253 g/mol. The average Bonchev–Trinajstić information content (AvgIpc) is 2.82. The second-order valence-corrected chi connectivity index (χ2v) is 5.19. The molecule has 1 unspecified atom stereocenters. The zero-order chi connectivity index (χ0) is 13.4. The molecule has 1 rings (SSSR count). The molecule has 4 nitrogen and oxygen atoms in total. The first kappa shape index (κ1) is 15.2. The van der Waals surface area contributed by atoms with E-state index in [2.05, 4.69) is 30.9 Å². The van der Waals surface area contributed by atoms with Crippen molar-refractivity contribution in [1.29, 1.82) is 0 Å². The first-order chi connectivity index (χ1) is 8.71. The van der Waals surface area contributed by atoms with Crippen molar-refractivity contribution in [3.05, 3.63) is 12.2 Å². The van der Waals surface area contributed by atoms with E-state index < -0.39 is 0 Å². The van der Waals surface area contributed by atoms with E-state index in [1.807, 2.05) is 4.68 Å². The zero-order valence-electron chi connectivity index (χ0n) is 12.0. The lowest BCUT2D eigenvalue weighted by molar-refractivity contribution is 0.103. The van der Waals surface area contributed by atoms with E-state index in [0.717, 1.165) is 44.5 Å². The third-order valence-electron chi connectivity index (χ3n) is 3.81. The molecule has 0 saturated heterocycles. The predicted octanol–water partition coefficient (Wildman–Crippen LogP) is 2.81. The minimum Gasteiger partial charge on any atom is -0.396 e. The van der Waals surface area contributed by atoms with Crippen molar-refractivity contribution < 1.29 is 5.11 Å². The summed E-state index contributed by atoms with van der Waals surface area (Å²) in [6, 6.07) is 0. The molecule has 0 spiro atoms. The van der Waals surface area contributed by atoms with Gasteiger partial charge in [0.15, 0.2) is 0 Å². The molecular weight excluding hydrogens is 226 g/mol. The van der Waals surface area contributed by atoms with Gasteiger partial charge in [0.1, 0.15) is 12.2 Å². The highest BCUT2D eigenvalue weighted by atomic mass is 16.3. The maximum atomic E-state index is 9.77. The van der Waals surface area contributed by atoms with Crippen molar-refractivity contribution in [1.82, 2.24) is 14.8 Å². The fourth-order valence-electron chi connectivity index (χ4n) is 2.35. The van der Waals surface area contributed by atoms with E-state index in [1.165, 1.54) is 6.42 Å². The van der Waals surface area contributed by atoms with Gasteiger partial charge >= 0.3 is 0 Å². The topological polar surface area (TPSA) is 50.9 Å². The van der Waals surface area contributed by atoms with Gasteiger partial charge in [0.25, 0.3) is 0 Å². The third-order valence-corrected chi connectivity index (χ3v) is 3.81. The van der Waals surface area contributed by atoms with Crippen LogP contribution in [0, 0.1) is 5.41 Å². The third kappa shape index (κ3) is 3.80. The fourth-order valence-corrected chi connectivity index (χ4v) is 2.35. The molecule has 0 amide bonds. The molecule has 4 heteroatoms. The maximum Gasteiger partial charge on any atom is 0.138 e. The molecule has 1 heterocycles. The van der Waals surface area contributed by atoms with E-state index in [-0.39, 0.29) is 12.0 Å². The number of aromatic nitrogens is 3. The SMILES string of the molecule is CCCCC(CC)(CO)Cc1ncnn1CCC. The summed E-state index contributed by atoms with van der Waals surface area (Å²) in [6.07, 6.45) is 7.91. The summed E-state index contributed by atoms with van der Waals surface area (Å²) in [5, 5.41) is 14.0. The quantitative estimate of drug-likeness (QED) is 0.736. The number of aliphatic hydroxyl groups excluding tert-OH is 1. The van der Waals surface area contributed by atoms with Crippen LogP contribution in [0.1, 0.15) is 58.7 Å². The molecular formula is C14H27N3O. The van der Waals surface area contributed by atoms with Gasteiger partial charge in [0, 0.05) is 25.0 Å². The Morgan fingerprint density at radius 3 is 2.61 bits per heavy atom. The van der Waals surface area contributed by atoms with Gasteiger partial charge in [-0.05, 0) is 19.3 Å². The first-order valence-corrected chi connectivity index (χ1v) is 7.19. The molecule has 1 aromatic rings. The number of hydrogen-bond acceptors (Lipinski definition) is 3. The number of hydrogen-bond donors (Lipinski definition) is 1. The molecule has 1 N–H and O–H groups in total. The van der Waals surface area contributed by atoms with Crippen molar-refractivity contribution in [2.24, 2.45) is 5.41 Å². The lowest BCUT2D eigenvalue weighted by Crippen LogP contribution is -2.29. The lowest BCUT2D eigenvalue weighted by Gasteiger charge is -2.30. The summed E-state index contributed by atoms with van der Waals surface area (Å²) < 4.78 is 1.98. The van der Waals surface area contributed by atoms with Crippen LogP contribution >= 0.6 is 0 Å². The Kier molecular flexibility index (Phi) is 6.33. The number of rotatable bonds is 9. The van der Waals surface area contributed by atoms with Crippen LogP contribution in [0.15, 0.2) is 6.33 Å². The Morgan fingerprint density at radius 1 is 1.28 bits per heavy atom. The number of aryl methyl sites for hydroxylation is 1. The Hall–Kier alpha value is -0.900. The second kappa shape index (κ2) is 7.52. The van der Waals surface area contributed by atoms with Gasteiger partial charge in [-0.15, -0.1) is 0 Å². The van der Waals surface area contributed by atoms with E-state index >= 15 is 0 Å². The summed E-state index contributed by atoms with van der Waals surface area (Å²) in [4.78, 5) is 4.36. The number of aliphatic hydroxyl groups is 1. The van der Waals surface area contributed by atoms with Gasteiger partial charge in [0.05, 0.1) is 0 Å². The van der Waals surface area contributed by atoms with Gasteiger partial charge < -0.3 is 5.11 Å². The van der Waals surface area contributed by atoms with Gasteiger partial charge in [-0.2, -0.15) is 5.10 Å². The molecule has 0 radical (unpaired) electrons. The fraction of sp³-hybridized carbons (Fsp3) is 0.857. The molecule has 1 atom stereocenters. The summed E-state index contributed by atoms with van der Waals surface area (Å²) in [5.74, 6) is 1.02. The number of unbranched alkanes of at least 4 members (excludes halogenated alkanes) is 1. The molecule has 0 aliphatic heterocycles. The van der Waals surface area contributed by atoms with Crippen molar-refractivity contribution in [3.8, 4) is 0 Å². The van der Waals surface area contributed by atoms with Crippen LogP contribution in [-0.4, -0.2) is 26.5 Å². The average molecular weight is 253 g/mol. The number of nitrogens with zero attached hydrogens (tertiary/aromatic N) is 3. The Morgan fingerprint density at radius 2 is 2.06 bits per heavy atom. The van der Waals surface area contributed by atoms with E-state index in [0.29, 0.717) is 0 Å². The smallest absolute Gasteiger partial charge is 0.138 e. The van der Waals surface area contributed by atoms with E-state index in [4.69, 9.17) is 0 Å². The van der Waals surface area contributed by atoms with Crippen molar-refractivity contribution >= 4 is 0 Å². The molecule has 0 fully saturated rings. The van der Waals surface area contributed by atoms with Crippen LogP contribution in [-0.2, 0) is 13.0 Å². The maximum absolute atomic E-state index is 9.77. The van der Waals surface area contributed by atoms with E-state index in [9.17, 15) is 5.11 Å². The molecule has 0 aromatic carbocycles. The molecule has 104 valence electrons. The second-order valence-electron chi connectivity index (χ2n) is 5.19. The van der Waals surface area contributed by atoms with Crippen LogP contribution in [0.2, 0.25) is 0 Å². The van der Waals surface area contributed by atoms with Crippen LogP contribution in [0.4, 0.5) is 0 Å². The summed E-state index contributed by atoms with van der Waals surface area (Å²) in [6.45, 7) is 7.64. The molecule has 0 aliphatic carbocycles. The highest BCUT2D eigenvalue weighted by Crippen LogP contribution is 2.32. The largest absolute Gasteiger partial charge is 0.396 e. The Bertz CT molecular complexity index is 332. The van der Waals surface area contributed by atoms with Crippen molar-refractivity contribution in [2.75, 3.05) is 6.61 Å². The zero-order valence-corrected chi connectivity index (χ0v) is 12.0. The molecule has 1 aromatic heterocycles. The normalized spacial score (nSPS) is 14.7. The highest BCUT2D eigenvalue weighted by Gasteiger charge is 2.29. The van der Waals surface area contributed by atoms with Gasteiger partial charge in [-0.25, -0.2) is 4.98 Å². The van der Waals surface area contributed by atoms with Crippen LogP contribution in [0.3, 0.4) is 0 Å². The summed E-state index contributed by atoms with van der Waals surface area (Å²) in [7, 11) is 0. The highest BCUT2D eigenvalue weighted by molar-refractivity contribution is 4.93. The summed E-state index contributed by atoms with van der Waals surface area (Å²) >= 11 is 0. The van der Waals surface area contributed by atoms with Gasteiger partial charge in [0.2, 0.25) is 0 Å². The predicted molar refractivity (Wildman–Crippen MR) is 73.4 cm³/mol. The molecule has 0 saturated carbocycles. The Labute approximate surface area is 110 Å².